The standard InChI is InChI=1S/CBrNS.Cr/c2-4-1-3;. The van der Waals surface area contributed by atoms with Crippen molar-refractivity contribution in [3.8, 4) is 5.40 Å². The summed E-state index contributed by atoms with van der Waals surface area (Å²) in [6.45, 7) is 0. The first kappa shape index (κ1) is 9.29. The largest absolute Gasteiger partial charge is 0.184 e. The zero-order valence-corrected chi connectivity index (χ0v) is 5.82. The van der Waals surface area contributed by atoms with Crippen molar-refractivity contribution in [1.29, 1.82) is 5.26 Å². The van der Waals surface area contributed by atoms with E-state index in [1.165, 1.54) is 0 Å². The summed E-state index contributed by atoms with van der Waals surface area (Å²) in [7, 11) is 0.975. The summed E-state index contributed by atoms with van der Waals surface area (Å²) in [4.78, 5) is 0. The Morgan fingerprint density at radius 1 is 1.80 bits per heavy atom. The summed E-state index contributed by atoms with van der Waals surface area (Å²) in [5.41, 5.74) is 0. The molecular weight excluding hydrogens is 190 g/mol. The molecule has 0 amide bonds. The van der Waals surface area contributed by atoms with Gasteiger partial charge in [-0.15, -0.1) is 0 Å². The zero-order chi connectivity index (χ0) is 3.41. The molecule has 0 aliphatic rings. The maximum absolute atomic E-state index is 7.54. The van der Waals surface area contributed by atoms with Crippen LogP contribution in [0.3, 0.4) is 0 Å². The molecule has 0 saturated heterocycles. The third-order valence-corrected chi connectivity index (χ3v) is 0.538. The smallest absolute Gasteiger partial charge is 0.145 e. The van der Waals surface area contributed by atoms with Gasteiger partial charge >= 0.3 is 0 Å². The number of nitriles is 1. The first-order valence-corrected chi connectivity index (χ1v) is 3.24. The first-order chi connectivity index (χ1) is 1.91. The van der Waals surface area contributed by atoms with Gasteiger partial charge < -0.3 is 0 Å². The number of hydrogen-bond donors (Lipinski definition) is 0. The normalized spacial score (nSPS) is 4.00. The van der Waals surface area contributed by atoms with E-state index < -0.39 is 0 Å². The van der Waals surface area contributed by atoms with Crippen LogP contribution in [0.2, 0.25) is 0 Å². The topological polar surface area (TPSA) is 23.8 Å². The van der Waals surface area contributed by atoms with E-state index in [9.17, 15) is 0 Å². The Hall–Kier alpha value is 0.852. The van der Waals surface area contributed by atoms with Gasteiger partial charge in [0.25, 0.3) is 0 Å². The second-order valence-corrected chi connectivity index (χ2v) is 1.48. The van der Waals surface area contributed by atoms with E-state index in [1.54, 1.807) is 5.40 Å². The van der Waals surface area contributed by atoms with Crippen LogP contribution in [0.25, 0.3) is 0 Å². The Labute approximate surface area is 53.1 Å². The molecule has 0 aliphatic heterocycles. The number of hydrogen-bond acceptors (Lipinski definition) is 2. The van der Waals surface area contributed by atoms with Crippen LogP contribution >= 0.6 is 25.0 Å². The molecule has 0 aliphatic carbocycles. The molecule has 0 saturated carbocycles. The Kier molecular flexibility index (Phi) is 16.4. The van der Waals surface area contributed by atoms with Gasteiger partial charge in [0.05, 0.1) is 0 Å². The van der Waals surface area contributed by atoms with E-state index in [4.69, 9.17) is 5.26 Å². The number of thiocyanates is 1. The Morgan fingerprint density at radius 3 is 2.00 bits per heavy atom. The molecule has 0 fully saturated rings. The third kappa shape index (κ3) is 11.5. The summed E-state index contributed by atoms with van der Waals surface area (Å²) >= 11 is 2.80. The van der Waals surface area contributed by atoms with Gasteiger partial charge in [0.1, 0.15) is 5.40 Å². The summed E-state index contributed by atoms with van der Waals surface area (Å²) in [6, 6.07) is 0. The summed E-state index contributed by atoms with van der Waals surface area (Å²) in [5.74, 6) is 0. The minimum atomic E-state index is 0. The van der Waals surface area contributed by atoms with Crippen molar-refractivity contribution < 1.29 is 17.4 Å². The van der Waals surface area contributed by atoms with Crippen LogP contribution in [0.5, 0.6) is 0 Å². The molecule has 4 heteroatoms. The van der Waals surface area contributed by atoms with Gasteiger partial charge in [-0.1, -0.05) is 0 Å². The second kappa shape index (κ2) is 8.85. The Morgan fingerprint density at radius 2 is 2.00 bits per heavy atom. The van der Waals surface area contributed by atoms with Gasteiger partial charge in [0.15, 0.2) is 0 Å². The molecule has 1 nitrogen and oxygen atoms in total. The summed E-state index contributed by atoms with van der Waals surface area (Å²) in [6.07, 6.45) is 0. The molecule has 0 aromatic heterocycles. The second-order valence-electron chi connectivity index (χ2n) is 0.168. The SMILES string of the molecule is N#CSBr.[Cr]. The summed E-state index contributed by atoms with van der Waals surface area (Å²) in [5, 5.41) is 9.30. The molecule has 0 rings (SSSR count). The van der Waals surface area contributed by atoms with E-state index in [1.807, 2.05) is 0 Å². The van der Waals surface area contributed by atoms with Gasteiger partial charge in [-0.2, -0.15) is 5.26 Å². The quantitative estimate of drug-likeness (QED) is 0.540. The molecule has 0 atom stereocenters. The predicted octanol–water partition coefficient (Wildman–Crippen LogP) is 1.51. The molecule has 0 bridgehead atoms. The first-order valence-electron chi connectivity index (χ1n) is 0.582. The van der Waals surface area contributed by atoms with E-state index in [0.29, 0.717) is 0 Å². The van der Waals surface area contributed by atoms with Crippen molar-refractivity contribution in [3.63, 3.8) is 0 Å². The molecule has 0 aromatic carbocycles. The average molecular weight is 190 g/mol. The molecule has 5 heavy (non-hydrogen) atoms. The molecule has 0 radical (unpaired) electrons. The Bertz CT molecular complexity index is 41.4. The van der Waals surface area contributed by atoms with E-state index >= 15 is 0 Å². The van der Waals surface area contributed by atoms with Crippen molar-refractivity contribution in [1.82, 2.24) is 0 Å². The van der Waals surface area contributed by atoms with Gasteiger partial charge in [0.2, 0.25) is 0 Å². The zero-order valence-electron chi connectivity index (χ0n) is 2.14. The fraction of sp³-hybridized carbons (Fsp3) is 0. The monoisotopic (exact) mass is 189 g/mol. The van der Waals surface area contributed by atoms with Crippen molar-refractivity contribution in [2.45, 2.75) is 0 Å². The van der Waals surface area contributed by atoms with Crippen LogP contribution in [0.15, 0.2) is 0 Å². The number of halogens is 1. The molecule has 0 spiro atoms. The third-order valence-electron chi connectivity index (χ3n) is 0.0345. The van der Waals surface area contributed by atoms with Crippen LogP contribution in [-0.4, -0.2) is 0 Å². The van der Waals surface area contributed by atoms with Crippen molar-refractivity contribution in [2.24, 2.45) is 0 Å². The van der Waals surface area contributed by atoms with E-state index in [-0.39, 0.29) is 17.4 Å². The molecule has 0 unspecified atom stereocenters. The van der Waals surface area contributed by atoms with Crippen LogP contribution < -0.4 is 0 Å². The van der Waals surface area contributed by atoms with Gasteiger partial charge in [-0.3, -0.25) is 0 Å². The number of nitrogens with zero attached hydrogens (tertiary/aromatic N) is 1. The van der Waals surface area contributed by atoms with Gasteiger partial charge in [0, 0.05) is 42.4 Å². The average Bonchev–Trinajstić information content (AvgIpc) is 1.37. The van der Waals surface area contributed by atoms with E-state index in [2.05, 4.69) is 14.8 Å². The van der Waals surface area contributed by atoms with Gasteiger partial charge in [-0.05, 0) is 0 Å². The Balaban J connectivity index is 0. The summed E-state index contributed by atoms with van der Waals surface area (Å²) < 4.78 is 0. The molecule has 0 heterocycles. The van der Waals surface area contributed by atoms with Crippen molar-refractivity contribution in [2.75, 3.05) is 0 Å². The van der Waals surface area contributed by atoms with Crippen LogP contribution in [0.1, 0.15) is 0 Å². The maximum atomic E-state index is 7.54. The number of rotatable bonds is 0. The van der Waals surface area contributed by atoms with Crippen molar-refractivity contribution in [3.05, 3.63) is 0 Å². The molecule has 0 N–H and O–H groups in total. The van der Waals surface area contributed by atoms with E-state index in [0.717, 1.165) is 10.2 Å². The van der Waals surface area contributed by atoms with Crippen LogP contribution in [-0.2, 0) is 17.4 Å². The fourth-order valence-corrected chi connectivity index (χ4v) is 0. The van der Waals surface area contributed by atoms with Crippen LogP contribution in [0, 0.1) is 10.7 Å². The minimum Gasteiger partial charge on any atom is -0.184 e. The van der Waals surface area contributed by atoms with Crippen LogP contribution in [0.4, 0.5) is 0 Å². The fourth-order valence-electron chi connectivity index (χ4n) is 0. The maximum Gasteiger partial charge on any atom is 0.145 e. The van der Waals surface area contributed by atoms with Crippen molar-refractivity contribution >= 4 is 25.0 Å². The molecule has 28 valence electrons. The minimum absolute atomic E-state index is 0. The predicted molar refractivity (Wildman–Crippen MR) is 22.1 cm³/mol. The molecule has 0 aromatic rings. The van der Waals surface area contributed by atoms with Gasteiger partial charge in [-0.25, -0.2) is 0 Å². The molecular formula is CBrCrNS.